The second kappa shape index (κ2) is 21.5. The second-order valence-electron chi connectivity index (χ2n) is 14.6. The molecule has 4 aliphatic heterocycles. The molecule has 11 N–H and O–H groups in total. The fourth-order valence-electron chi connectivity index (χ4n) is 7.24. The van der Waals surface area contributed by atoms with E-state index in [1.807, 2.05) is 0 Å². The number of aliphatic carboxylic acids is 2. The summed E-state index contributed by atoms with van der Waals surface area (Å²) in [5, 5.41) is 102. The third-order valence-electron chi connectivity index (χ3n) is 10.3. The molecular formula is C34H54N2O24S. The zero-order valence-corrected chi connectivity index (χ0v) is 34.0. The molecule has 4 heterocycles. The van der Waals surface area contributed by atoms with Crippen molar-refractivity contribution >= 4 is 33.6 Å². The Hall–Kier alpha value is -3.07. The van der Waals surface area contributed by atoms with Gasteiger partial charge in [0.2, 0.25) is 11.8 Å². The molecule has 4 rings (SSSR count). The number of carbonyl (C=O) groups excluding carboxylic acids is 2. The second-order valence-corrected chi connectivity index (χ2v) is 16.7. The average Bonchev–Trinajstić information content (AvgIpc) is 3.19. The zero-order valence-electron chi connectivity index (χ0n) is 33.2. The molecule has 27 heteroatoms. The minimum atomic E-state index is -3.63. The Morgan fingerprint density at radius 3 is 1.64 bits per heavy atom. The Bertz CT molecular complexity index is 1640. The van der Waals surface area contributed by atoms with E-state index >= 15 is 0 Å². The van der Waals surface area contributed by atoms with Gasteiger partial charge in [0.05, 0.1) is 37.7 Å². The van der Waals surface area contributed by atoms with E-state index in [-0.39, 0.29) is 6.61 Å². The van der Waals surface area contributed by atoms with Gasteiger partial charge < -0.3 is 99.2 Å². The van der Waals surface area contributed by atoms with E-state index in [0.717, 1.165) is 26.4 Å². The van der Waals surface area contributed by atoms with Gasteiger partial charge in [-0.2, -0.15) is 0 Å². The van der Waals surface area contributed by atoms with E-state index in [0.29, 0.717) is 0 Å². The molecule has 61 heavy (non-hydrogen) atoms. The van der Waals surface area contributed by atoms with Crippen molar-refractivity contribution in [1.82, 2.24) is 10.6 Å². The molecule has 4 aliphatic rings. The minimum absolute atomic E-state index is 0.327. The van der Waals surface area contributed by atoms with Crippen molar-refractivity contribution in [3.05, 3.63) is 12.0 Å². The van der Waals surface area contributed by atoms with Gasteiger partial charge in [0, 0.05) is 26.4 Å². The van der Waals surface area contributed by atoms with Crippen LogP contribution in [0, 0.1) is 0 Å². The number of carbonyl (C=O) groups is 4. The summed E-state index contributed by atoms with van der Waals surface area (Å²) in [5.74, 6) is -5.40. The fraction of sp³-hybridized carbons (Fsp3) is 0.824. The van der Waals surface area contributed by atoms with Crippen molar-refractivity contribution in [3.63, 3.8) is 0 Å². The molecule has 0 radical (unpaired) electrons. The van der Waals surface area contributed by atoms with Gasteiger partial charge in [0.25, 0.3) is 0 Å². The number of aliphatic hydroxyl groups excluding tert-OH is 7. The first kappa shape index (κ1) is 50.6. The molecule has 20 unspecified atom stereocenters. The first-order chi connectivity index (χ1) is 28.6. The molecule has 0 saturated carbocycles. The highest BCUT2D eigenvalue weighted by Crippen LogP contribution is 2.35. The number of carboxylic acids is 2. The lowest BCUT2D eigenvalue weighted by molar-refractivity contribution is -0.366. The number of amides is 2. The molecule has 0 bridgehead atoms. The van der Waals surface area contributed by atoms with Crippen LogP contribution in [0.2, 0.25) is 0 Å². The average molecular weight is 907 g/mol. The van der Waals surface area contributed by atoms with Crippen LogP contribution in [-0.4, -0.2) is 233 Å². The number of hydrogen-bond donors (Lipinski definition) is 11. The van der Waals surface area contributed by atoms with E-state index in [9.17, 15) is 73.6 Å². The lowest BCUT2D eigenvalue weighted by Crippen LogP contribution is -2.70. The van der Waals surface area contributed by atoms with Crippen LogP contribution < -0.4 is 10.6 Å². The molecular weight excluding hydrogens is 852 g/mol. The maximum absolute atomic E-state index is 12.7. The maximum Gasteiger partial charge on any atom is 0.335 e. The Balaban J connectivity index is 1.59. The first-order valence-electron chi connectivity index (χ1n) is 18.8. The maximum atomic E-state index is 12.7. The number of nitrogens with one attached hydrogen (secondary N) is 2. The molecule has 0 aromatic heterocycles. The predicted molar refractivity (Wildman–Crippen MR) is 194 cm³/mol. The van der Waals surface area contributed by atoms with Gasteiger partial charge >= 0.3 is 11.9 Å². The normalized spacial score (nSPS) is 42.0. The molecule has 4 saturated heterocycles. The third kappa shape index (κ3) is 11.9. The molecule has 4 fully saturated rings. The Labute approximate surface area is 348 Å². The van der Waals surface area contributed by atoms with Crippen LogP contribution in [0.4, 0.5) is 0 Å². The molecule has 20 atom stereocenters. The van der Waals surface area contributed by atoms with Crippen LogP contribution in [0.15, 0.2) is 12.0 Å². The van der Waals surface area contributed by atoms with E-state index < -0.39 is 175 Å². The summed E-state index contributed by atoms with van der Waals surface area (Å²) in [6.07, 6.45) is -33.6. The van der Waals surface area contributed by atoms with Gasteiger partial charge in [-0.25, -0.2) is 18.0 Å². The number of carboxylic acid groups (broad SMARTS) is 2. The first-order valence-corrected chi connectivity index (χ1v) is 20.5. The van der Waals surface area contributed by atoms with E-state index in [2.05, 4.69) is 17.2 Å². The highest BCUT2D eigenvalue weighted by atomic mass is 32.2. The van der Waals surface area contributed by atoms with Gasteiger partial charge in [-0.15, -0.1) is 0 Å². The summed E-state index contributed by atoms with van der Waals surface area (Å²) in [6.45, 7) is 5.08. The molecule has 0 spiro atoms. The summed E-state index contributed by atoms with van der Waals surface area (Å²) in [7, 11) is -2.59. The summed E-state index contributed by atoms with van der Waals surface area (Å²) in [4.78, 5) is 49.2. The van der Waals surface area contributed by atoms with Gasteiger partial charge in [-0.1, -0.05) is 6.58 Å². The van der Waals surface area contributed by atoms with E-state index in [1.165, 1.54) is 6.92 Å². The minimum Gasteiger partial charge on any atom is -0.479 e. The topological polar surface area (TPSA) is 392 Å². The molecule has 350 valence electrons. The number of aliphatic hydroxyl groups is 7. The van der Waals surface area contributed by atoms with E-state index in [1.54, 1.807) is 0 Å². The highest BCUT2D eigenvalue weighted by molar-refractivity contribution is 7.94. The van der Waals surface area contributed by atoms with Gasteiger partial charge in [-0.05, 0) is 6.92 Å². The quantitative estimate of drug-likeness (QED) is 0.0569. The summed E-state index contributed by atoms with van der Waals surface area (Å²) in [5.41, 5.74) is 0. The van der Waals surface area contributed by atoms with Crippen LogP contribution in [-0.2, 0) is 71.6 Å². The standard InChI is InChI=1S/C34H54N2O24S/c1-6-61(50,51)8-7-53-10-15-19(41)24(16(11(2)54-15)35-12(3)38)56-34-23(45)21(43)27(29(60-34)31(48)49)58-32-17(36-13(4)39)25(18(40)14(9-37)55-32)57-33-22(44)20(42)26(52-5)28(59-33)30(46)47/h6,11,14-29,32-34,37,40-45H,1,7-10H2,2-5H3,(H,35,38)(H,36,39)(H,46,47)(H,48,49). The van der Waals surface area contributed by atoms with Crippen LogP contribution in [0.1, 0.15) is 20.8 Å². The van der Waals surface area contributed by atoms with E-state index in [4.69, 9.17) is 42.6 Å². The van der Waals surface area contributed by atoms with Crippen LogP contribution in [0.3, 0.4) is 0 Å². The lowest BCUT2D eigenvalue weighted by atomic mass is 9.92. The van der Waals surface area contributed by atoms with Gasteiger partial charge in [0.1, 0.15) is 79.3 Å². The SMILES string of the molecule is C=CS(=O)(=O)CCOCC1OC(C)C(NC(C)=O)C(OC2OC(C(=O)O)C(OC3OC(CO)C(O)C(OC4OC(C(=O)O)C(OC)C(O)C4O)C3NC(C)=O)C(O)C2O)C1O. The lowest BCUT2D eigenvalue weighted by Gasteiger charge is -2.50. The van der Waals surface area contributed by atoms with Crippen molar-refractivity contribution in [3.8, 4) is 0 Å². The Morgan fingerprint density at radius 1 is 0.672 bits per heavy atom. The van der Waals surface area contributed by atoms with Crippen molar-refractivity contribution in [2.45, 2.75) is 143 Å². The van der Waals surface area contributed by atoms with Crippen molar-refractivity contribution in [2.75, 3.05) is 32.7 Å². The van der Waals surface area contributed by atoms with Crippen molar-refractivity contribution in [2.24, 2.45) is 0 Å². The van der Waals surface area contributed by atoms with Gasteiger partial charge in [-0.3, -0.25) is 9.59 Å². The van der Waals surface area contributed by atoms with Crippen molar-refractivity contribution in [1.29, 1.82) is 0 Å². The molecule has 26 nitrogen and oxygen atoms in total. The number of rotatable bonds is 18. The third-order valence-corrected chi connectivity index (χ3v) is 11.6. The van der Waals surface area contributed by atoms with Gasteiger partial charge in [0.15, 0.2) is 40.9 Å². The summed E-state index contributed by atoms with van der Waals surface area (Å²) in [6, 6.07) is -2.96. The Kier molecular flexibility index (Phi) is 17.9. The summed E-state index contributed by atoms with van der Waals surface area (Å²) < 4.78 is 73.7. The number of ether oxygens (including phenoxy) is 9. The Morgan fingerprint density at radius 2 is 1.15 bits per heavy atom. The molecule has 2 amide bonds. The smallest absolute Gasteiger partial charge is 0.335 e. The predicted octanol–water partition coefficient (Wildman–Crippen LogP) is -6.97. The van der Waals surface area contributed by atoms with Crippen molar-refractivity contribution < 1.29 is 116 Å². The van der Waals surface area contributed by atoms with Crippen LogP contribution in [0.25, 0.3) is 0 Å². The molecule has 0 aromatic rings. The highest BCUT2D eigenvalue weighted by Gasteiger charge is 2.57. The number of hydrogen-bond acceptors (Lipinski definition) is 22. The fourth-order valence-corrected chi connectivity index (χ4v) is 7.75. The molecule has 0 aromatic carbocycles. The zero-order chi connectivity index (χ0) is 45.7. The monoisotopic (exact) mass is 906 g/mol. The largest absolute Gasteiger partial charge is 0.479 e. The van der Waals surface area contributed by atoms with Crippen LogP contribution >= 0.6 is 0 Å². The number of sulfone groups is 1. The van der Waals surface area contributed by atoms with Crippen LogP contribution in [0.5, 0.6) is 0 Å². The number of methoxy groups -OCH3 is 1. The molecule has 0 aliphatic carbocycles. The summed E-state index contributed by atoms with van der Waals surface area (Å²) >= 11 is 0.